The lowest BCUT2D eigenvalue weighted by molar-refractivity contribution is 0.283. The van der Waals surface area contributed by atoms with Gasteiger partial charge in [-0.15, -0.1) is 0 Å². The fourth-order valence-electron chi connectivity index (χ4n) is 3.64. The summed E-state index contributed by atoms with van der Waals surface area (Å²) in [5, 5.41) is 0. The monoisotopic (exact) mass is 222 g/mol. The Bertz CT molecular complexity index is 230. The summed E-state index contributed by atoms with van der Waals surface area (Å²) in [6.45, 7) is 12.2. The van der Waals surface area contributed by atoms with Crippen LogP contribution in [0.3, 0.4) is 0 Å². The molecule has 7 atom stereocenters. The second kappa shape index (κ2) is 4.70. The largest absolute Gasteiger partial charge is 0.0651 e. The van der Waals surface area contributed by atoms with Gasteiger partial charge in [0, 0.05) is 0 Å². The molecular weight excluding hydrogens is 192 g/mol. The molecule has 0 radical (unpaired) electrons. The molecule has 7 unspecified atom stereocenters. The predicted octanol–water partition coefficient (Wildman–Crippen LogP) is 4.99. The van der Waals surface area contributed by atoms with E-state index in [-0.39, 0.29) is 0 Å². The van der Waals surface area contributed by atoms with E-state index in [0.29, 0.717) is 0 Å². The molecule has 0 aromatic rings. The average Bonchev–Trinajstić information content (AvgIpc) is 3.14. The van der Waals surface area contributed by atoms with Crippen LogP contribution in [0.2, 0.25) is 0 Å². The molecule has 2 aliphatic carbocycles. The Morgan fingerprint density at radius 3 is 2.19 bits per heavy atom. The SMILES string of the molecule is CCC(C)C1CC1C(C)C(C)CC1CC1C. The Labute approximate surface area is 102 Å². The van der Waals surface area contributed by atoms with E-state index in [0.717, 1.165) is 41.4 Å². The van der Waals surface area contributed by atoms with Crippen LogP contribution < -0.4 is 0 Å². The van der Waals surface area contributed by atoms with E-state index in [1.165, 1.54) is 25.7 Å². The van der Waals surface area contributed by atoms with Gasteiger partial charge in [0.25, 0.3) is 0 Å². The zero-order valence-corrected chi connectivity index (χ0v) is 11.9. The van der Waals surface area contributed by atoms with Crippen molar-refractivity contribution in [3.63, 3.8) is 0 Å². The fourth-order valence-corrected chi connectivity index (χ4v) is 3.64. The van der Waals surface area contributed by atoms with Gasteiger partial charge < -0.3 is 0 Å². The highest BCUT2D eigenvalue weighted by Crippen LogP contribution is 2.53. The summed E-state index contributed by atoms with van der Waals surface area (Å²) in [4.78, 5) is 0. The molecule has 94 valence electrons. The van der Waals surface area contributed by atoms with E-state index in [1.54, 1.807) is 0 Å². The third-order valence-corrected chi connectivity index (χ3v) is 5.79. The van der Waals surface area contributed by atoms with Crippen molar-refractivity contribution in [2.75, 3.05) is 0 Å². The number of hydrogen-bond acceptors (Lipinski definition) is 0. The zero-order chi connectivity index (χ0) is 11.9. The molecule has 16 heavy (non-hydrogen) atoms. The second-order valence-corrected chi connectivity index (χ2v) is 6.99. The maximum atomic E-state index is 2.52. The lowest BCUT2D eigenvalue weighted by Crippen LogP contribution is -2.13. The molecule has 0 amide bonds. The van der Waals surface area contributed by atoms with Crippen LogP contribution in [-0.2, 0) is 0 Å². The Morgan fingerprint density at radius 1 is 1.06 bits per heavy atom. The van der Waals surface area contributed by atoms with Gasteiger partial charge in [0.2, 0.25) is 0 Å². The van der Waals surface area contributed by atoms with E-state index < -0.39 is 0 Å². The normalized spacial score (nSPS) is 42.6. The minimum absolute atomic E-state index is 0.967. The maximum absolute atomic E-state index is 2.52. The molecule has 0 nitrogen and oxygen atoms in total. The van der Waals surface area contributed by atoms with Crippen molar-refractivity contribution in [3.05, 3.63) is 0 Å². The van der Waals surface area contributed by atoms with Crippen molar-refractivity contribution in [2.24, 2.45) is 41.4 Å². The summed E-state index contributed by atoms with van der Waals surface area (Å²) in [6, 6.07) is 0. The molecule has 0 N–H and O–H groups in total. The van der Waals surface area contributed by atoms with Crippen molar-refractivity contribution in [2.45, 2.75) is 60.3 Å². The van der Waals surface area contributed by atoms with Gasteiger partial charge in [-0.25, -0.2) is 0 Å². The second-order valence-electron chi connectivity index (χ2n) is 6.99. The Kier molecular flexibility index (Phi) is 3.66. The average molecular weight is 222 g/mol. The van der Waals surface area contributed by atoms with Gasteiger partial charge in [-0.1, -0.05) is 41.0 Å². The Balaban J connectivity index is 1.73. The Morgan fingerprint density at radius 2 is 1.69 bits per heavy atom. The lowest BCUT2D eigenvalue weighted by atomic mass is 9.84. The predicted molar refractivity (Wildman–Crippen MR) is 71.3 cm³/mol. The molecule has 0 bridgehead atoms. The standard InChI is InChI=1S/C16H30/c1-6-10(2)15-9-16(15)13(5)11(3)7-14-8-12(14)4/h10-16H,6-9H2,1-5H3. The topological polar surface area (TPSA) is 0 Å². The summed E-state index contributed by atoms with van der Waals surface area (Å²) in [6.07, 6.45) is 5.92. The first-order valence-electron chi connectivity index (χ1n) is 7.54. The molecule has 2 saturated carbocycles. The number of rotatable bonds is 6. The summed E-state index contributed by atoms with van der Waals surface area (Å²) in [5.74, 6) is 7.18. The minimum Gasteiger partial charge on any atom is -0.0651 e. The van der Waals surface area contributed by atoms with Crippen LogP contribution in [0.15, 0.2) is 0 Å². The summed E-state index contributed by atoms with van der Waals surface area (Å²) in [7, 11) is 0. The molecule has 2 rings (SSSR count). The molecule has 0 heterocycles. The smallest absolute Gasteiger partial charge is 0.0352 e. The molecule has 0 aromatic heterocycles. The first kappa shape index (κ1) is 12.5. The molecule has 0 spiro atoms. The maximum Gasteiger partial charge on any atom is -0.0352 e. The van der Waals surface area contributed by atoms with Crippen LogP contribution in [0.25, 0.3) is 0 Å². The van der Waals surface area contributed by atoms with Gasteiger partial charge >= 0.3 is 0 Å². The molecule has 0 aromatic carbocycles. The van der Waals surface area contributed by atoms with Crippen molar-refractivity contribution in [1.82, 2.24) is 0 Å². The molecule has 2 fully saturated rings. The molecular formula is C16H30. The van der Waals surface area contributed by atoms with E-state index >= 15 is 0 Å². The highest BCUT2D eigenvalue weighted by molar-refractivity contribution is 4.95. The first-order chi connectivity index (χ1) is 7.54. The molecule has 0 aliphatic heterocycles. The van der Waals surface area contributed by atoms with Gasteiger partial charge in [0.15, 0.2) is 0 Å². The van der Waals surface area contributed by atoms with Crippen LogP contribution in [0, 0.1) is 41.4 Å². The highest BCUT2D eigenvalue weighted by atomic mass is 14.5. The summed E-state index contributed by atoms with van der Waals surface area (Å²) in [5.41, 5.74) is 0. The van der Waals surface area contributed by atoms with Crippen molar-refractivity contribution in [1.29, 1.82) is 0 Å². The fraction of sp³-hybridized carbons (Fsp3) is 1.00. The number of hydrogen-bond donors (Lipinski definition) is 0. The summed E-state index contributed by atoms with van der Waals surface area (Å²) >= 11 is 0. The van der Waals surface area contributed by atoms with Gasteiger partial charge in [-0.3, -0.25) is 0 Å². The third-order valence-electron chi connectivity index (χ3n) is 5.79. The van der Waals surface area contributed by atoms with E-state index in [2.05, 4.69) is 34.6 Å². The van der Waals surface area contributed by atoms with Crippen LogP contribution in [-0.4, -0.2) is 0 Å². The van der Waals surface area contributed by atoms with Crippen LogP contribution in [0.1, 0.15) is 60.3 Å². The molecule has 2 aliphatic rings. The minimum atomic E-state index is 0.967. The Hall–Kier alpha value is 0. The van der Waals surface area contributed by atoms with Crippen LogP contribution >= 0.6 is 0 Å². The van der Waals surface area contributed by atoms with Crippen molar-refractivity contribution >= 4 is 0 Å². The van der Waals surface area contributed by atoms with Gasteiger partial charge in [0.05, 0.1) is 0 Å². The van der Waals surface area contributed by atoms with Gasteiger partial charge in [-0.2, -0.15) is 0 Å². The molecule has 0 heteroatoms. The van der Waals surface area contributed by atoms with E-state index in [4.69, 9.17) is 0 Å². The van der Waals surface area contributed by atoms with E-state index in [9.17, 15) is 0 Å². The first-order valence-corrected chi connectivity index (χ1v) is 7.54. The lowest BCUT2D eigenvalue weighted by Gasteiger charge is -2.21. The van der Waals surface area contributed by atoms with Gasteiger partial charge in [0.1, 0.15) is 0 Å². The van der Waals surface area contributed by atoms with Gasteiger partial charge in [-0.05, 0) is 60.7 Å². The highest BCUT2D eigenvalue weighted by Gasteiger charge is 2.45. The summed E-state index contributed by atoms with van der Waals surface area (Å²) < 4.78 is 0. The molecule has 0 saturated heterocycles. The third kappa shape index (κ3) is 2.63. The zero-order valence-electron chi connectivity index (χ0n) is 11.9. The van der Waals surface area contributed by atoms with Crippen LogP contribution in [0.5, 0.6) is 0 Å². The van der Waals surface area contributed by atoms with Crippen molar-refractivity contribution in [3.8, 4) is 0 Å². The van der Waals surface area contributed by atoms with Crippen molar-refractivity contribution < 1.29 is 0 Å². The van der Waals surface area contributed by atoms with E-state index in [1.807, 2.05) is 0 Å². The van der Waals surface area contributed by atoms with Crippen LogP contribution in [0.4, 0.5) is 0 Å². The quantitative estimate of drug-likeness (QED) is 0.594.